The standard InChI is InChI=1S/C22H22N6O8S2/c1-22(2,20(33)34)36-26-13(12-9-37-21(23)24-12)16(29)25-14-17(30)28-15(19(31)32)11(10-38(35)18(14)28)8-27-6-4-3-5-7-27/h3-7,9,14,18H,8,10H2,1-2H3,(H4-,23,24,25,29,31,32,33,34)/b26-13-/t14-,18-,38?/m1/s1. The van der Waals surface area contributed by atoms with Crippen LogP contribution >= 0.6 is 11.3 Å². The van der Waals surface area contributed by atoms with Gasteiger partial charge < -0.3 is 30.9 Å². The molecule has 1 fully saturated rings. The molecule has 0 aromatic carbocycles. The third kappa shape index (κ3) is 5.12. The number of β-lactam (4-membered cyclic amide) rings is 1. The fourth-order valence-electron chi connectivity index (χ4n) is 3.73. The van der Waals surface area contributed by atoms with Gasteiger partial charge in [0.15, 0.2) is 29.8 Å². The summed E-state index contributed by atoms with van der Waals surface area (Å²) in [4.78, 5) is 59.4. The van der Waals surface area contributed by atoms with E-state index < -0.39 is 63.0 Å². The number of hydrogen-bond donors (Lipinski definition) is 3. The number of aromatic nitrogens is 2. The van der Waals surface area contributed by atoms with Crippen LogP contribution in [0.5, 0.6) is 0 Å². The minimum Gasteiger partial charge on any atom is -0.543 e. The summed E-state index contributed by atoms with van der Waals surface area (Å²) in [5.74, 6) is -4.93. The number of oxime groups is 1. The van der Waals surface area contributed by atoms with Gasteiger partial charge in [0.25, 0.3) is 11.8 Å². The van der Waals surface area contributed by atoms with E-state index in [4.69, 9.17) is 10.6 Å². The summed E-state index contributed by atoms with van der Waals surface area (Å²) in [6.45, 7) is 2.49. The van der Waals surface area contributed by atoms with Gasteiger partial charge in [-0.15, -0.1) is 11.3 Å². The SMILES string of the molecule is CC(C)(O/N=C(\C(=O)N[C@@H]1C(=O)N2C(C(=O)[O-])=C(C[n+]3ccccc3)CS(=O)[C@H]12)c1csc(N)n1)C(=O)O. The number of rotatable bonds is 9. The van der Waals surface area contributed by atoms with Crippen molar-refractivity contribution in [3.05, 3.63) is 52.9 Å². The van der Waals surface area contributed by atoms with E-state index in [1.807, 2.05) is 0 Å². The minimum absolute atomic E-state index is 0.0444. The predicted molar refractivity (Wildman–Crippen MR) is 130 cm³/mol. The number of nitrogen functional groups attached to an aromatic ring is 1. The van der Waals surface area contributed by atoms with Gasteiger partial charge in [0.2, 0.25) is 5.60 Å². The molecule has 0 aliphatic carbocycles. The van der Waals surface area contributed by atoms with Crippen LogP contribution in [0.3, 0.4) is 0 Å². The quantitative estimate of drug-likeness (QED) is 0.129. The van der Waals surface area contributed by atoms with Crippen LogP contribution in [-0.4, -0.2) is 71.4 Å². The lowest BCUT2D eigenvalue weighted by Gasteiger charge is -2.50. The molecule has 4 rings (SSSR count). The van der Waals surface area contributed by atoms with Crippen LogP contribution in [0.25, 0.3) is 0 Å². The highest BCUT2D eigenvalue weighted by atomic mass is 32.2. The topological polar surface area (TPSA) is 208 Å². The van der Waals surface area contributed by atoms with E-state index in [0.29, 0.717) is 0 Å². The molecule has 4 N–H and O–H groups in total. The molecule has 1 saturated heterocycles. The molecule has 2 amide bonds. The number of fused-ring (bicyclic) bond motifs is 1. The first kappa shape index (κ1) is 26.9. The number of hydrogen-bond acceptors (Lipinski definition) is 11. The molecule has 2 aromatic heterocycles. The van der Waals surface area contributed by atoms with E-state index in [1.165, 1.54) is 19.2 Å². The molecule has 14 nitrogen and oxygen atoms in total. The van der Waals surface area contributed by atoms with Crippen LogP contribution in [0.2, 0.25) is 0 Å². The van der Waals surface area contributed by atoms with Gasteiger partial charge in [-0.05, 0) is 13.8 Å². The second-order valence-corrected chi connectivity index (χ2v) is 11.2. The van der Waals surface area contributed by atoms with Crippen molar-refractivity contribution >= 4 is 56.7 Å². The Morgan fingerprint density at radius 2 is 2.05 bits per heavy atom. The average molecular weight is 563 g/mol. The van der Waals surface area contributed by atoms with Gasteiger partial charge in [0.05, 0.1) is 28.2 Å². The maximum absolute atomic E-state index is 13.1. The molecule has 4 heterocycles. The fraction of sp³-hybridized carbons (Fsp3) is 0.318. The van der Waals surface area contributed by atoms with E-state index in [0.717, 1.165) is 16.2 Å². The van der Waals surface area contributed by atoms with Crippen molar-refractivity contribution in [2.75, 3.05) is 11.5 Å². The fourth-order valence-corrected chi connectivity index (χ4v) is 5.95. The summed E-state index contributed by atoms with van der Waals surface area (Å²) in [6.07, 6.45) is 3.38. The molecule has 1 unspecified atom stereocenters. The number of carboxylic acid groups (broad SMARTS) is 2. The van der Waals surface area contributed by atoms with Crippen LogP contribution in [0.1, 0.15) is 19.5 Å². The summed E-state index contributed by atoms with van der Waals surface area (Å²) in [6, 6.07) is 3.89. The molecule has 0 radical (unpaired) electrons. The van der Waals surface area contributed by atoms with Crippen molar-refractivity contribution in [2.24, 2.45) is 5.16 Å². The number of carbonyl (C=O) groups is 4. The number of anilines is 1. The summed E-state index contributed by atoms with van der Waals surface area (Å²) in [7, 11) is -1.77. The number of nitrogens with two attached hydrogens (primary N) is 1. The number of pyridine rings is 1. The molecule has 0 saturated carbocycles. The van der Waals surface area contributed by atoms with Gasteiger partial charge in [0.1, 0.15) is 17.1 Å². The van der Waals surface area contributed by atoms with Gasteiger partial charge in [-0.1, -0.05) is 11.2 Å². The second-order valence-electron chi connectivity index (χ2n) is 8.78. The third-order valence-corrected chi connectivity index (χ3v) is 8.02. The van der Waals surface area contributed by atoms with E-state index in [-0.39, 0.29) is 28.7 Å². The highest BCUT2D eigenvalue weighted by Gasteiger charge is 2.56. The number of carboxylic acids is 2. The lowest BCUT2D eigenvalue weighted by atomic mass is 10.0. The van der Waals surface area contributed by atoms with Crippen molar-refractivity contribution < 1.29 is 43.0 Å². The van der Waals surface area contributed by atoms with Crippen molar-refractivity contribution in [1.82, 2.24) is 15.2 Å². The largest absolute Gasteiger partial charge is 0.543 e. The molecule has 2 aliphatic rings. The van der Waals surface area contributed by atoms with E-state index in [9.17, 15) is 33.6 Å². The van der Waals surface area contributed by atoms with Gasteiger partial charge >= 0.3 is 5.97 Å². The Morgan fingerprint density at radius 3 is 2.63 bits per heavy atom. The Morgan fingerprint density at radius 1 is 1.37 bits per heavy atom. The Balaban J connectivity index is 1.60. The maximum atomic E-state index is 13.1. The summed E-state index contributed by atoms with van der Waals surface area (Å²) in [5, 5.41) is 27.6. The third-order valence-electron chi connectivity index (χ3n) is 5.70. The Hall–Kier alpha value is -4.18. The van der Waals surface area contributed by atoms with E-state index in [1.54, 1.807) is 35.2 Å². The Kier molecular flexibility index (Phi) is 7.28. The van der Waals surface area contributed by atoms with Crippen LogP contribution in [0, 0.1) is 0 Å². The number of carbonyl (C=O) groups excluding carboxylic acids is 3. The molecular weight excluding hydrogens is 540 g/mol. The molecule has 0 spiro atoms. The number of nitrogens with zero attached hydrogens (tertiary/aromatic N) is 4. The van der Waals surface area contributed by atoms with Gasteiger partial charge in [-0.25, -0.2) is 14.3 Å². The van der Waals surface area contributed by atoms with E-state index >= 15 is 0 Å². The lowest BCUT2D eigenvalue weighted by molar-refractivity contribution is -0.689. The first-order chi connectivity index (χ1) is 17.9. The first-order valence-electron chi connectivity index (χ1n) is 11.0. The number of amides is 2. The van der Waals surface area contributed by atoms with Gasteiger partial charge in [-0.3, -0.25) is 18.7 Å². The van der Waals surface area contributed by atoms with Gasteiger partial charge in [-0.2, -0.15) is 0 Å². The first-order valence-corrected chi connectivity index (χ1v) is 13.3. The smallest absolute Gasteiger partial charge is 0.350 e. The zero-order chi connectivity index (χ0) is 27.8. The average Bonchev–Trinajstić information content (AvgIpc) is 3.28. The number of nitrogens with one attached hydrogen (secondary N) is 1. The molecule has 2 aromatic rings. The highest BCUT2D eigenvalue weighted by Crippen LogP contribution is 2.34. The molecule has 16 heteroatoms. The predicted octanol–water partition coefficient (Wildman–Crippen LogP) is -2.28. The molecule has 3 atom stereocenters. The maximum Gasteiger partial charge on any atom is 0.350 e. The zero-order valence-corrected chi connectivity index (χ0v) is 21.7. The second kappa shape index (κ2) is 10.3. The van der Waals surface area contributed by atoms with Crippen LogP contribution in [0.15, 0.2) is 52.4 Å². The molecule has 38 heavy (non-hydrogen) atoms. The van der Waals surface area contributed by atoms with Crippen LogP contribution in [0.4, 0.5) is 5.13 Å². The van der Waals surface area contributed by atoms with E-state index in [2.05, 4.69) is 15.5 Å². The van der Waals surface area contributed by atoms with Crippen LogP contribution < -0.4 is 20.7 Å². The number of aliphatic carboxylic acids is 2. The monoisotopic (exact) mass is 562 g/mol. The highest BCUT2D eigenvalue weighted by molar-refractivity contribution is 7.86. The van der Waals surface area contributed by atoms with Crippen molar-refractivity contribution in [3.8, 4) is 0 Å². The minimum atomic E-state index is -1.80. The van der Waals surface area contributed by atoms with Crippen LogP contribution in [-0.2, 0) is 41.4 Å². The molecule has 200 valence electrons. The van der Waals surface area contributed by atoms with Gasteiger partial charge in [0, 0.05) is 23.1 Å². The van der Waals surface area contributed by atoms with Crippen molar-refractivity contribution in [1.29, 1.82) is 0 Å². The summed E-state index contributed by atoms with van der Waals surface area (Å²) >= 11 is 0.982. The molecular formula is C22H22N6O8S2. The molecule has 2 aliphatic heterocycles. The Bertz CT molecular complexity index is 1400. The lowest BCUT2D eigenvalue weighted by Crippen LogP contribution is -2.74. The summed E-state index contributed by atoms with van der Waals surface area (Å²) in [5.41, 5.74) is 3.16. The number of thiazole rings is 1. The Labute approximate surface area is 221 Å². The van der Waals surface area contributed by atoms with Crippen molar-refractivity contribution in [2.45, 2.75) is 37.4 Å². The zero-order valence-electron chi connectivity index (χ0n) is 20.0. The van der Waals surface area contributed by atoms with Crippen molar-refractivity contribution in [3.63, 3.8) is 0 Å². The normalized spacial score (nSPS) is 21.4. The molecule has 0 bridgehead atoms. The summed E-state index contributed by atoms with van der Waals surface area (Å²) < 4.78 is 14.8.